The molecule has 0 fully saturated rings. The molecule has 1 aliphatic rings. The van der Waals surface area contributed by atoms with E-state index in [1.165, 1.54) is 31.3 Å². The second-order valence-corrected chi connectivity index (χ2v) is 4.46. The Kier molecular flexibility index (Phi) is 6.65. The lowest BCUT2D eigenvalue weighted by atomic mass is 10.00. The summed E-state index contributed by atoms with van der Waals surface area (Å²) in [5.74, 6) is 5.91. The molecule has 0 atom stereocenters. The molecule has 0 heterocycles. The van der Waals surface area contributed by atoms with Gasteiger partial charge in [0.15, 0.2) is 0 Å². The summed E-state index contributed by atoms with van der Waals surface area (Å²) >= 11 is 0. The summed E-state index contributed by atoms with van der Waals surface area (Å²) in [6.45, 7) is 2.18. The van der Waals surface area contributed by atoms with Crippen LogP contribution in [0.5, 0.6) is 0 Å². The van der Waals surface area contributed by atoms with Gasteiger partial charge < -0.3 is 0 Å². The molecule has 0 N–H and O–H groups in total. The molecule has 0 aromatic rings. The quantitative estimate of drug-likeness (QED) is 0.387. The Bertz CT molecular complexity index is 301. The molecule has 88 valence electrons. The van der Waals surface area contributed by atoms with Crippen LogP contribution in [0.3, 0.4) is 0 Å². The number of carbonyl (C=O) groups excluding carboxylic acids is 1. The van der Waals surface area contributed by atoms with Gasteiger partial charge in [-0.1, -0.05) is 38.2 Å². The van der Waals surface area contributed by atoms with Gasteiger partial charge in [-0.25, -0.2) is 0 Å². The van der Waals surface area contributed by atoms with Crippen molar-refractivity contribution in [3.05, 3.63) is 11.6 Å². The fraction of sp³-hybridized carbons (Fsp3) is 0.667. The van der Waals surface area contributed by atoms with Crippen LogP contribution < -0.4 is 0 Å². The SMILES string of the molecule is CCCCCCC(=O)C#CC1=CCCCC1. The maximum atomic E-state index is 11.4. The van der Waals surface area contributed by atoms with Crippen molar-refractivity contribution < 1.29 is 4.79 Å². The van der Waals surface area contributed by atoms with Crippen LogP contribution in [0.1, 0.15) is 64.7 Å². The Hall–Kier alpha value is -1.03. The summed E-state index contributed by atoms with van der Waals surface area (Å²) in [4.78, 5) is 11.4. The van der Waals surface area contributed by atoms with Gasteiger partial charge in [0.25, 0.3) is 0 Å². The number of carbonyl (C=O) groups is 1. The van der Waals surface area contributed by atoms with Crippen LogP contribution in [-0.2, 0) is 4.79 Å². The molecule has 0 unspecified atom stereocenters. The molecule has 1 rings (SSSR count). The predicted molar refractivity (Wildman–Crippen MR) is 68.1 cm³/mol. The molecule has 16 heavy (non-hydrogen) atoms. The zero-order valence-electron chi connectivity index (χ0n) is 10.3. The van der Waals surface area contributed by atoms with Crippen molar-refractivity contribution in [1.82, 2.24) is 0 Å². The van der Waals surface area contributed by atoms with E-state index in [0.29, 0.717) is 6.42 Å². The lowest BCUT2D eigenvalue weighted by Crippen LogP contribution is -1.94. The van der Waals surface area contributed by atoms with Crippen LogP contribution in [0.15, 0.2) is 11.6 Å². The second-order valence-electron chi connectivity index (χ2n) is 4.46. The van der Waals surface area contributed by atoms with E-state index in [4.69, 9.17) is 0 Å². The minimum absolute atomic E-state index is 0.113. The molecule has 0 aromatic carbocycles. The smallest absolute Gasteiger partial charge is 0.205 e. The lowest BCUT2D eigenvalue weighted by Gasteiger charge is -2.05. The van der Waals surface area contributed by atoms with Gasteiger partial charge in [-0.3, -0.25) is 4.79 Å². The molecular formula is C15H22O. The third-order valence-electron chi connectivity index (χ3n) is 2.91. The molecule has 0 saturated heterocycles. The molecule has 0 bridgehead atoms. The highest BCUT2D eigenvalue weighted by Gasteiger charge is 2.01. The fourth-order valence-corrected chi connectivity index (χ4v) is 1.88. The van der Waals surface area contributed by atoms with E-state index in [0.717, 1.165) is 25.7 Å². The van der Waals surface area contributed by atoms with E-state index in [1.54, 1.807) is 0 Å². The van der Waals surface area contributed by atoms with Gasteiger partial charge in [0.1, 0.15) is 0 Å². The number of ketones is 1. The van der Waals surface area contributed by atoms with Gasteiger partial charge in [-0.15, -0.1) is 0 Å². The summed E-state index contributed by atoms with van der Waals surface area (Å²) in [5, 5.41) is 0. The van der Waals surface area contributed by atoms with E-state index >= 15 is 0 Å². The van der Waals surface area contributed by atoms with Gasteiger partial charge in [-0.05, 0) is 43.6 Å². The van der Waals surface area contributed by atoms with Crippen LogP contribution >= 0.6 is 0 Å². The Morgan fingerprint density at radius 2 is 2.19 bits per heavy atom. The topological polar surface area (TPSA) is 17.1 Å². The normalized spacial score (nSPS) is 14.9. The van der Waals surface area contributed by atoms with Gasteiger partial charge in [0.05, 0.1) is 0 Å². The van der Waals surface area contributed by atoms with E-state index in [2.05, 4.69) is 24.8 Å². The van der Waals surface area contributed by atoms with Crippen molar-refractivity contribution in [3.63, 3.8) is 0 Å². The maximum Gasteiger partial charge on any atom is 0.205 e. The van der Waals surface area contributed by atoms with Crippen molar-refractivity contribution in [2.24, 2.45) is 0 Å². The van der Waals surface area contributed by atoms with Crippen molar-refractivity contribution >= 4 is 5.78 Å². The van der Waals surface area contributed by atoms with Gasteiger partial charge in [0.2, 0.25) is 5.78 Å². The highest BCUT2D eigenvalue weighted by molar-refractivity contribution is 5.95. The fourth-order valence-electron chi connectivity index (χ4n) is 1.88. The summed E-state index contributed by atoms with van der Waals surface area (Å²) < 4.78 is 0. The number of Topliss-reactive ketones (excluding diaryl/α,β-unsaturated/α-hetero) is 1. The molecule has 0 aromatic heterocycles. The number of hydrogen-bond donors (Lipinski definition) is 0. The number of unbranched alkanes of at least 4 members (excludes halogenated alkanes) is 3. The van der Waals surface area contributed by atoms with Crippen molar-refractivity contribution in [3.8, 4) is 11.8 Å². The summed E-state index contributed by atoms with van der Waals surface area (Å²) in [7, 11) is 0. The highest BCUT2D eigenvalue weighted by atomic mass is 16.1. The lowest BCUT2D eigenvalue weighted by molar-refractivity contribution is -0.113. The molecule has 1 heteroatoms. The molecular weight excluding hydrogens is 196 g/mol. The average molecular weight is 218 g/mol. The first kappa shape index (κ1) is 13.0. The zero-order valence-corrected chi connectivity index (χ0v) is 10.3. The van der Waals surface area contributed by atoms with E-state index < -0.39 is 0 Å². The first-order valence-electron chi connectivity index (χ1n) is 6.57. The number of allylic oxidation sites excluding steroid dienone is 2. The second kappa shape index (κ2) is 8.16. The predicted octanol–water partition coefficient (Wildman–Crippen LogP) is 4.03. The Morgan fingerprint density at radius 1 is 1.31 bits per heavy atom. The minimum atomic E-state index is 0.113. The van der Waals surface area contributed by atoms with Crippen LogP contribution in [0.4, 0.5) is 0 Å². The van der Waals surface area contributed by atoms with Crippen molar-refractivity contribution in [2.45, 2.75) is 64.7 Å². The maximum absolute atomic E-state index is 11.4. The molecule has 0 spiro atoms. The molecule has 1 nitrogen and oxygen atoms in total. The summed E-state index contributed by atoms with van der Waals surface area (Å²) in [6.07, 6.45) is 12.1. The first-order valence-corrected chi connectivity index (χ1v) is 6.57. The Morgan fingerprint density at radius 3 is 2.88 bits per heavy atom. The first-order chi connectivity index (χ1) is 7.83. The standard InChI is InChI=1S/C15H22O/c1-2-3-4-8-11-15(16)13-12-14-9-6-5-7-10-14/h9H,2-8,10-11H2,1H3. The third kappa shape index (κ3) is 5.75. The van der Waals surface area contributed by atoms with Crippen LogP contribution in [0, 0.1) is 11.8 Å². The van der Waals surface area contributed by atoms with E-state index in [1.807, 2.05) is 0 Å². The van der Waals surface area contributed by atoms with Crippen molar-refractivity contribution in [2.75, 3.05) is 0 Å². The van der Waals surface area contributed by atoms with Gasteiger partial charge >= 0.3 is 0 Å². The van der Waals surface area contributed by atoms with E-state index in [9.17, 15) is 4.79 Å². The van der Waals surface area contributed by atoms with Crippen LogP contribution in [0.2, 0.25) is 0 Å². The van der Waals surface area contributed by atoms with Crippen molar-refractivity contribution in [1.29, 1.82) is 0 Å². The number of hydrogen-bond acceptors (Lipinski definition) is 1. The third-order valence-corrected chi connectivity index (χ3v) is 2.91. The molecule has 0 aliphatic heterocycles. The molecule has 0 saturated carbocycles. The Balaban J connectivity index is 2.22. The minimum Gasteiger partial charge on any atom is -0.285 e. The van der Waals surface area contributed by atoms with Crippen LogP contribution in [0.25, 0.3) is 0 Å². The Labute approximate surface area is 99.3 Å². The molecule has 1 aliphatic carbocycles. The van der Waals surface area contributed by atoms with Gasteiger partial charge in [0, 0.05) is 6.42 Å². The van der Waals surface area contributed by atoms with Crippen LogP contribution in [-0.4, -0.2) is 5.78 Å². The zero-order chi connectivity index (χ0) is 11.6. The molecule has 0 amide bonds. The molecule has 0 radical (unpaired) electrons. The highest BCUT2D eigenvalue weighted by Crippen LogP contribution is 2.16. The summed E-state index contributed by atoms with van der Waals surface area (Å²) in [6, 6.07) is 0. The number of rotatable bonds is 5. The van der Waals surface area contributed by atoms with E-state index in [-0.39, 0.29) is 5.78 Å². The van der Waals surface area contributed by atoms with Gasteiger partial charge in [-0.2, -0.15) is 0 Å². The average Bonchev–Trinajstić information content (AvgIpc) is 2.33. The monoisotopic (exact) mass is 218 g/mol. The largest absolute Gasteiger partial charge is 0.285 e. The summed E-state index contributed by atoms with van der Waals surface area (Å²) in [5.41, 5.74) is 1.17.